The van der Waals surface area contributed by atoms with Crippen LogP contribution in [0, 0.1) is 24.1 Å². The molecule has 0 radical (unpaired) electrons. The van der Waals surface area contributed by atoms with E-state index in [9.17, 15) is 23.9 Å². The van der Waals surface area contributed by atoms with E-state index >= 15 is 0 Å². The number of halogens is 1. The van der Waals surface area contributed by atoms with Crippen molar-refractivity contribution >= 4 is 17.8 Å². The lowest BCUT2D eigenvalue weighted by molar-refractivity contribution is -0.148. The number of piperidine rings is 1. The molecule has 2 aliphatic heterocycles. The average Bonchev–Trinajstić information content (AvgIpc) is 3.45. The van der Waals surface area contributed by atoms with Gasteiger partial charge < -0.3 is 14.9 Å². The van der Waals surface area contributed by atoms with Crippen LogP contribution < -0.4 is 0 Å². The summed E-state index contributed by atoms with van der Waals surface area (Å²) in [5.74, 6) is -1.60. The van der Waals surface area contributed by atoms with E-state index in [1.165, 1.54) is 12.1 Å². The molecule has 2 saturated heterocycles. The van der Waals surface area contributed by atoms with Crippen LogP contribution in [0.15, 0.2) is 18.2 Å². The first kappa shape index (κ1) is 18.9. The summed E-state index contributed by atoms with van der Waals surface area (Å²) in [5, 5.41) is 9.60. The molecule has 1 aliphatic carbocycles. The number of aliphatic carboxylic acids is 1. The average molecular weight is 388 g/mol. The number of rotatable bonds is 3. The minimum absolute atomic E-state index is 0.00498. The fourth-order valence-electron chi connectivity index (χ4n) is 4.61. The standard InChI is InChI=1S/C21H25FN2O4/c1-13-2-5-15(22)10-16(13)19(26)23-8-6-21(7-9-23)11-17(20(27)28)24(12-21)18(25)14-3-4-14/h2,5,10,14,17H,3-4,6-9,11-12H2,1H3,(H,27,28)/t17-/m1/s1. The first-order chi connectivity index (χ1) is 13.3. The third-order valence-electron chi connectivity index (χ3n) is 6.54. The number of carboxylic acid groups (broad SMARTS) is 1. The molecule has 0 unspecified atom stereocenters. The number of hydrogen-bond acceptors (Lipinski definition) is 3. The molecular weight excluding hydrogens is 363 g/mol. The molecule has 1 N–H and O–H groups in total. The van der Waals surface area contributed by atoms with Crippen LogP contribution in [-0.4, -0.2) is 58.4 Å². The number of nitrogens with zero attached hydrogens (tertiary/aromatic N) is 2. The van der Waals surface area contributed by atoms with Gasteiger partial charge in [0.15, 0.2) is 0 Å². The van der Waals surface area contributed by atoms with Gasteiger partial charge in [0.05, 0.1) is 0 Å². The Bertz CT molecular complexity index is 828. The van der Waals surface area contributed by atoms with Crippen molar-refractivity contribution in [3.05, 3.63) is 35.1 Å². The molecule has 28 heavy (non-hydrogen) atoms. The van der Waals surface area contributed by atoms with Gasteiger partial charge in [0.25, 0.3) is 5.91 Å². The van der Waals surface area contributed by atoms with Crippen LogP contribution in [0.3, 0.4) is 0 Å². The van der Waals surface area contributed by atoms with E-state index in [4.69, 9.17) is 0 Å². The normalized spacial score (nSPS) is 23.9. The van der Waals surface area contributed by atoms with Gasteiger partial charge in [-0.3, -0.25) is 9.59 Å². The molecule has 3 fully saturated rings. The van der Waals surface area contributed by atoms with Gasteiger partial charge in [0.1, 0.15) is 11.9 Å². The molecule has 1 spiro atoms. The van der Waals surface area contributed by atoms with Gasteiger partial charge in [-0.1, -0.05) is 6.07 Å². The highest BCUT2D eigenvalue weighted by Gasteiger charge is 2.52. The number of amides is 2. The lowest BCUT2D eigenvalue weighted by atomic mass is 9.76. The van der Waals surface area contributed by atoms with Crippen molar-refractivity contribution in [3.63, 3.8) is 0 Å². The number of benzene rings is 1. The number of carbonyl (C=O) groups excluding carboxylic acids is 2. The van der Waals surface area contributed by atoms with E-state index in [1.54, 1.807) is 22.8 Å². The molecule has 150 valence electrons. The van der Waals surface area contributed by atoms with Crippen molar-refractivity contribution in [2.24, 2.45) is 11.3 Å². The van der Waals surface area contributed by atoms with Gasteiger partial charge in [-0.15, -0.1) is 0 Å². The van der Waals surface area contributed by atoms with Gasteiger partial charge in [0.2, 0.25) is 5.91 Å². The second-order valence-corrected chi connectivity index (χ2v) is 8.55. The molecule has 1 aromatic rings. The van der Waals surface area contributed by atoms with E-state index in [0.29, 0.717) is 44.5 Å². The van der Waals surface area contributed by atoms with Crippen LogP contribution in [0.4, 0.5) is 4.39 Å². The van der Waals surface area contributed by atoms with Crippen molar-refractivity contribution < 1.29 is 23.9 Å². The number of carboxylic acids is 1. The third kappa shape index (κ3) is 3.38. The molecule has 1 aromatic carbocycles. The summed E-state index contributed by atoms with van der Waals surface area (Å²) in [6, 6.07) is 3.45. The number of aryl methyl sites for hydroxylation is 1. The van der Waals surface area contributed by atoms with Crippen LogP contribution in [0.2, 0.25) is 0 Å². The first-order valence-electron chi connectivity index (χ1n) is 9.88. The third-order valence-corrected chi connectivity index (χ3v) is 6.54. The van der Waals surface area contributed by atoms with E-state index in [-0.39, 0.29) is 23.1 Å². The maximum absolute atomic E-state index is 13.6. The highest BCUT2D eigenvalue weighted by molar-refractivity contribution is 5.95. The Morgan fingerprint density at radius 3 is 2.46 bits per heavy atom. The fraction of sp³-hybridized carbons (Fsp3) is 0.571. The molecule has 7 heteroatoms. The first-order valence-corrected chi connectivity index (χ1v) is 9.88. The van der Waals surface area contributed by atoms with Gasteiger partial charge in [-0.05, 0) is 62.1 Å². The molecule has 2 heterocycles. The monoisotopic (exact) mass is 388 g/mol. The smallest absolute Gasteiger partial charge is 0.326 e. The van der Waals surface area contributed by atoms with Crippen LogP contribution in [0.25, 0.3) is 0 Å². The molecule has 0 bridgehead atoms. The van der Waals surface area contributed by atoms with Crippen LogP contribution in [0.5, 0.6) is 0 Å². The van der Waals surface area contributed by atoms with E-state index in [2.05, 4.69) is 0 Å². The summed E-state index contributed by atoms with van der Waals surface area (Å²) in [5.41, 5.74) is 0.859. The summed E-state index contributed by atoms with van der Waals surface area (Å²) in [6.45, 7) is 3.23. The van der Waals surface area contributed by atoms with Gasteiger partial charge in [0, 0.05) is 31.1 Å². The van der Waals surface area contributed by atoms with E-state index < -0.39 is 17.8 Å². The Hall–Kier alpha value is -2.44. The zero-order valence-corrected chi connectivity index (χ0v) is 16.0. The number of hydrogen-bond donors (Lipinski definition) is 1. The molecule has 1 atom stereocenters. The zero-order chi connectivity index (χ0) is 20.1. The lowest BCUT2D eigenvalue weighted by Crippen LogP contribution is -2.45. The predicted octanol–water partition coefficient (Wildman–Crippen LogP) is 2.45. The van der Waals surface area contributed by atoms with Crippen LogP contribution in [-0.2, 0) is 9.59 Å². The topological polar surface area (TPSA) is 77.9 Å². The van der Waals surface area contributed by atoms with Crippen molar-refractivity contribution in [1.82, 2.24) is 9.80 Å². The van der Waals surface area contributed by atoms with Gasteiger partial charge in [-0.25, -0.2) is 9.18 Å². The van der Waals surface area contributed by atoms with Crippen molar-refractivity contribution in [2.45, 2.75) is 45.1 Å². The molecular formula is C21H25FN2O4. The molecule has 6 nitrogen and oxygen atoms in total. The Morgan fingerprint density at radius 2 is 1.86 bits per heavy atom. The minimum Gasteiger partial charge on any atom is -0.480 e. The predicted molar refractivity (Wildman–Crippen MR) is 99.2 cm³/mol. The molecule has 0 aromatic heterocycles. The van der Waals surface area contributed by atoms with Gasteiger partial charge >= 0.3 is 5.97 Å². The quantitative estimate of drug-likeness (QED) is 0.863. The van der Waals surface area contributed by atoms with Crippen molar-refractivity contribution in [1.29, 1.82) is 0 Å². The summed E-state index contributed by atoms with van der Waals surface area (Å²) in [4.78, 5) is 40.4. The summed E-state index contributed by atoms with van der Waals surface area (Å²) < 4.78 is 13.6. The van der Waals surface area contributed by atoms with Crippen molar-refractivity contribution in [3.8, 4) is 0 Å². The number of likely N-dealkylation sites (tertiary alicyclic amines) is 2. The maximum atomic E-state index is 13.6. The van der Waals surface area contributed by atoms with E-state index in [0.717, 1.165) is 18.4 Å². The van der Waals surface area contributed by atoms with Crippen LogP contribution in [0.1, 0.15) is 48.0 Å². The zero-order valence-electron chi connectivity index (χ0n) is 16.0. The minimum atomic E-state index is -0.945. The summed E-state index contributed by atoms with van der Waals surface area (Å²) in [7, 11) is 0. The van der Waals surface area contributed by atoms with Crippen molar-refractivity contribution in [2.75, 3.05) is 19.6 Å². The van der Waals surface area contributed by atoms with Gasteiger partial charge in [-0.2, -0.15) is 0 Å². The van der Waals surface area contributed by atoms with Crippen LogP contribution >= 0.6 is 0 Å². The Balaban J connectivity index is 1.45. The Labute approximate surface area is 163 Å². The molecule has 1 saturated carbocycles. The molecule has 4 rings (SSSR count). The number of carbonyl (C=O) groups is 3. The highest BCUT2D eigenvalue weighted by atomic mass is 19.1. The lowest BCUT2D eigenvalue weighted by Gasteiger charge is -2.39. The summed E-state index contributed by atoms with van der Waals surface area (Å²) in [6.07, 6.45) is 3.46. The largest absolute Gasteiger partial charge is 0.480 e. The maximum Gasteiger partial charge on any atom is 0.326 e. The van der Waals surface area contributed by atoms with E-state index in [1.807, 2.05) is 0 Å². The fourth-order valence-corrected chi connectivity index (χ4v) is 4.61. The highest BCUT2D eigenvalue weighted by Crippen LogP contribution is 2.45. The molecule has 3 aliphatic rings. The Morgan fingerprint density at radius 1 is 1.18 bits per heavy atom. The SMILES string of the molecule is Cc1ccc(F)cc1C(=O)N1CCC2(CC1)C[C@H](C(=O)O)N(C(=O)C1CC1)C2. The summed E-state index contributed by atoms with van der Waals surface area (Å²) >= 11 is 0. The Kier molecular flexibility index (Phi) is 4.63. The molecule has 2 amide bonds. The second-order valence-electron chi connectivity index (χ2n) is 8.55. The second kappa shape index (κ2) is 6.87.